The summed E-state index contributed by atoms with van der Waals surface area (Å²) >= 11 is 2.93. The zero-order valence-corrected chi connectivity index (χ0v) is 20.3. The Bertz CT molecular complexity index is 611. The van der Waals surface area contributed by atoms with Gasteiger partial charge in [0.15, 0.2) is 0 Å². The fraction of sp³-hybridized carbons (Fsp3) is 0.417. The minimum absolute atomic E-state index is 0.0885. The van der Waals surface area contributed by atoms with E-state index >= 15 is 0 Å². The molecule has 0 saturated heterocycles. The predicted octanol–water partition coefficient (Wildman–Crippen LogP) is 5.52. The predicted molar refractivity (Wildman–Crippen MR) is 130 cm³/mol. The number of benzene rings is 1. The first-order valence-corrected chi connectivity index (χ1v) is 10.7. The number of carbonyl (C=O) groups is 2. The Hall–Kier alpha value is -2.40. The molecule has 6 nitrogen and oxygen atoms in total. The minimum Gasteiger partial charge on any atom is -0.491 e. The fourth-order valence-corrected chi connectivity index (χ4v) is 1.83. The van der Waals surface area contributed by atoms with Crippen molar-refractivity contribution >= 4 is 28.2 Å². The Balaban J connectivity index is -0.000000463. The van der Waals surface area contributed by atoms with Crippen molar-refractivity contribution in [1.29, 1.82) is 0 Å². The minimum atomic E-state index is -0.810. The van der Waals surface area contributed by atoms with Gasteiger partial charge in [-0.15, -0.1) is 12.8 Å². The van der Waals surface area contributed by atoms with E-state index < -0.39 is 5.97 Å². The van der Waals surface area contributed by atoms with Crippen LogP contribution in [-0.2, 0) is 14.3 Å². The van der Waals surface area contributed by atoms with Gasteiger partial charge in [0.1, 0.15) is 18.6 Å². The third kappa shape index (κ3) is 29.9. The smallest absolute Gasteiger partial charge is 0.307 e. The van der Waals surface area contributed by atoms with Gasteiger partial charge in [-0.1, -0.05) is 53.2 Å². The van der Waals surface area contributed by atoms with Gasteiger partial charge >= 0.3 is 5.97 Å². The van der Waals surface area contributed by atoms with Crippen molar-refractivity contribution in [3.05, 3.63) is 53.0 Å². The number of carboxylic acid groups (broad SMARTS) is 1. The molecular weight excluding hydrogens is 464 g/mol. The molecule has 0 amide bonds. The largest absolute Gasteiger partial charge is 0.491 e. The Kier molecular flexibility index (Phi) is 32.0. The van der Waals surface area contributed by atoms with Gasteiger partial charge in [-0.2, -0.15) is 0 Å². The van der Waals surface area contributed by atoms with Crippen LogP contribution in [-0.4, -0.2) is 50.4 Å². The lowest BCUT2D eigenvalue weighted by molar-refractivity contribution is -0.136. The molecule has 0 fully saturated rings. The second-order valence-electron chi connectivity index (χ2n) is 5.28. The molecular formula is C24H35BrO6. The van der Waals surface area contributed by atoms with E-state index in [0.29, 0.717) is 44.3 Å². The number of aldehydes is 1. The number of terminal acetylenes is 1. The third-order valence-electron chi connectivity index (χ3n) is 2.92. The highest BCUT2D eigenvalue weighted by molar-refractivity contribution is 9.11. The Labute approximate surface area is 195 Å². The van der Waals surface area contributed by atoms with Crippen molar-refractivity contribution in [2.45, 2.75) is 33.6 Å². The van der Waals surface area contributed by atoms with Crippen molar-refractivity contribution in [1.82, 2.24) is 0 Å². The second kappa shape index (κ2) is 29.8. The maximum atomic E-state index is 10.5. The maximum absolute atomic E-state index is 10.5. The van der Waals surface area contributed by atoms with Crippen molar-refractivity contribution in [2.75, 3.05) is 33.0 Å². The van der Waals surface area contributed by atoms with E-state index in [1.54, 1.807) is 18.2 Å². The molecule has 0 spiro atoms. The number of allylic oxidation sites excluding steroid dienone is 2. The number of hydrogen-bond acceptors (Lipinski definition) is 5. The Morgan fingerprint density at radius 1 is 1.10 bits per heavy atom. The van der Waals surface area contributed by atoms with Crippen LogP contribution in [0.25, 0.3) is 0 Å². The molecule has 1 aromatic carbocycles. The quantitative estimate of drug-likeness (QED) is 0.177. The van der Waals surface area contributed by atoms with Crippen LogP contribution in [0.4, 0.5) is 0 Å². The number of ether oxygens (including phenoxy) is 3. The van der Waals surface area contributed by atoms with Crippen molar-refractivity contribution in [3.8, 4) is 18.6 Å². The summed E-state index contributed by atoms with van der Waals surface area (Å²) in [7, 11) is 0. The first-order chi connectivity index (χ1) is 15.0. The molecule has 0 radical (unpaired) electrons. The summed E-state index contributed by atoms with van der Waals surface area (Å²) < 4.78 is 15.8. The highest BCUT2D eigenvalue weighted by Gasteiger charge is 1.96. The van der Waals surface area contributed by atoms with Gasteiger partial charge in [-0.3, -0.25) is 9.59 Å². The molecule has 0 saturated carbocycles. The zero-order valence-electron chi connectivity index (χ0n) is 18.7. The Morgan fingerprint density at radius 2 is 1.74 bits per heavy atom. The van der Waals surface area contributed by atoms with E-state index in [1.807, 2.05) is 19.9 Å². The number of halogens is 1. The number of carbonyl (C=O) groups excluding carboxylic acids is 1. The van der Waals surface area contributed by atoms with Gasteiger partial charge in [0.05, 0.1) is 26.2 Å². The molecule has 0 aliphatic carbocycles. The van der Waals surface area contributed by atoms with Gasteiger partial charge in [0.25, 0.3) is 0 Å². The molecule has 174 valence electrons. The Morgan fingerprint density at radius 3 is 2.19 bits per heavy atom. The summed E-state index contributed by atoms with van der Waals surface area (Å²) in [6.45, 7) is 8.97. The highest BCUT2D eigenvalue weighted by atomic mass is 79.9. The lowest BCUT2D eigenvalue weighted by Crippen LogP contribution is -2.10. The lowest BCUT2D eigenvalue weighted by atomic mass is 10.2. The molecule has 0 aliphatic rings. The van der Waals surface area contributed by atoms with Crippen LogP contribution in [0.15, 0.2) is 47.5 Å². The van der Waals surface area contributed by atoms with Gasteiger partial charge in [-0.05, 0) is 37.4 Å². The van der Waals surface area contributed by atoms with Crippen LogP contribution in [0, 0.1) is 12.8 Å². The first-order valence-electron chi connectivity index (χ1n) is 9.80. The molecule has 1 aromatic rings. The van der Waals surface area contributed by atoms with Gasteiger partial charge in [0, 0.05) is 12.2 Å². The van der Waals surface area contributed by atoms with Crippen LogP contribution in [0.1, 0.15) is 44.0 Å². The molecule has 0 aromatic heterocycles. The lowest BCUT2D eigenvalue weighted by Gasteiger charge is -2.07. The fourth-order valence-electron chi connectivity index (χ4n) is 1.64. The molecule has 1 N–H and O–H groups in total. The average Bonchev–Trinajstić information content (AvgIpc) is 2.80. The molecule has 0 bridgehead atoms. The molecule has 0 unspecified atom stereocenters. The van der Waals surface area contributed by atoms with Gasteiger partial charge in [-0.25, -0.2) is 0 Å². The number of hydrogen-bond donors (Lipinski definition) is 1. The maximum Gasteiger partial charge on any atom is 0.307 e. The summed E-state index contributed by atoms with van der Waals surface area (Å²) in [6.07, 6.45) is 15.7. The van der Waals surface area contributed by atoms with Gasteiger partial charge in [0.2, 0.25) is 0 Å². The summed E-state index contributed by atoms with van der Waals surface area (Å²) in [5.74, 6) is -0.126. The highest BCUT2D eigenvalue weighted by Crippen LogP contribution is 2.11. The SMILES string of the molecule is C#C.C/C=C\CC.CCOCCOCCOc1cccc(C=O)c1.O=C(O)C/C=C/Br. The van der Waals surface area contributed by atoms with Crippen LogP contribution in [0.3, 0.4) is 0 Å². The molecule has 0 heterocycles. The number of carboxylic acids is 1. The number of rotatable bonds is 12. The average molecular weight is 499 g/mol. The summed E-state index contributed by atoms with van der Waals surface area (Å²) in [4.78, 5) is 21.8. The third-order valence-corrected chi connectivity index (χ3v) is 3.29. The van der Waals surface area contributed by atoms with Crippen LogP contribution in [0.2, 0.25) is 0 Å². The zero-order chi connectivity index (χ0) is 24.2. The molecule has 0 aliphatic heterocycles. The van der Waals surface area contributed by atoms with Crippen LogP contribution >= 0.6 is 15.9 Å². The summed E-state index contributed by atoms with van der Waals surface area (Å²) in [5.41, 5.74) is 0.611. The van der Waals surface area contributed by atoms with Crippen molar-refractivity contribution in [2.24, 2.45) is 0 Å². The normalized spacial score (nSPS) is 9.48. The van der Waals surface area contributed by atoms with Crippen molar-refractivity contribution < 1.29 is 28.9 Å². The van der Waals surface area contributed by atoms with E-state index in [0.717, 1.165) is 12.7 Å². The molecule has 31 heavy (non-hydrogen) atoms. The topological polar surface area (TPSA) is 82.1 Å². The second-order valence-corrected chi connectivity index (χ2v) is 5.81. The summed E-state index contributed by atoms with van der Waals surface area (Å²) in [5, 5.41) is 7.97. The van der Waals surface area contributed by atoms with Crippen LogP contribution < -0.4 is 4.74 Å². The van der Waals surface area contributed by atoms with E-state index in [2.05, 4.69) is 47.9 Å². The monoisotopic (exact) mass is 498 g/mol. The standard InChI is InChI=1S/C13H18O4.C5H10.C4H5BrO2.C2H2/c1-2-15-6-7-16-8-9-17-13-5-3-4-12(10-13)11-14;1-3-5-4-2;5-3-1-2-4(6)7;1-2/h3-5,10-11H,2,6-9H2,1H3;3,5H,4H2,1-2H3;1,3H,2H2,(H,6,7);1-2H/b;5-3-;3-1+;. The molecule has 1 rings (SSSR count). The number of aliphatic carboxylic acids is 1. The molecule has 0 atom stereocenters. The van der Waals surface area contributed by atoms with E-state index in [-0.39, 0.29) is 6.42 Å². The van der Waals surface area contributed by atoms with Crippen molar-refractivity contribution in [3.63, 3.8) is 0 Å². The van der Waals surface area contributed by atoms with E-state index in [9.17, 15) is 9.59 Å². The van der Waals surface area contributed by atoms with Gasteiger partial charge < -0.3 is 19.3 Å². The first kappa shape index (κ1) is 33.2. The molecule has 7 heteroatoms. The van der Waals surface area contributed by atoms with Crippen LogP contribution in [0.5, 0.6) is 5.75 Å². The van der Waals surface area contributed by atoms with E-state index in [4.69, 9.17) is 19.3 Å². The summed E-state index contributed by atoms with van der Waals surface area (Å²) in [6, 6.07) is 7.04. The van der Waals surface area contributed by atoms with E-state index in [1.165, 1.54) is 11.1 Å².